The van der Waals surface area contributed by atoms with Crippen molar-refractivity contribution in [3.05, 3.63) is 23.8 Å². The number of benzene rings is 1. The van der Waals surface area contributed by atoms with Crippen LogP contribution >= 0.6 is 11.8 Å². The smallest absolute Gasteiger partial charge is 0.313 e. The van der Waals surface area contributed by atoms with E-state index in [0.717, 1.165) is 11.8 Å². The molecule has 5 nitrogen and oxygen atoms in total. The Kier molecular flexibility index (Phi) is 5.51. The fourth-order valence-electron chi connectivity index (χ4n) is 1.32. The molecule has 0 saturated heterocycles. The van der Waals surface area contributed by atoms with Crippen LogP contribution in [0.3, 0.4) is 0 Å². The molecule has 0 aliphatic carbocycles. The number of carbonyl (C=O) groups is 2. The Morgan fingerprint density at radius 2 is 1.83 bits per heavy atom. The molecule has 1 rings (SSSR count). The zero-order valence-electron chi connectivity index (χ0n) is 10.1. The number of methoxy groups -OCH3 is 2. The number of hydrogen-bond acceptors (Lipinski definition) is 5. The highest BCUT2D eigenvalue weighted by molar-refractivity contribution is 8.00. The molecule has 0 radical (unpaired) electrons. The third kappa shape index (κ3) is 3.96. The van der Waals surface area contributed by atoms with Crippen molar-refractivity contribution >= 4 is 23.5 Å². The summed E-state index contributed by atoms with van der Waals surface area (Å²) in [5, 5.41) is 8.48. The third-order valence-corrected chi connectivity index (χ3v) is 3.08. The van der Waals surface area contributed by atoms with Crippen LogP contribution in [0.2, 0.25) is 0 Å². The van der Waals surface area contributed by atoms with Gasteiger partial charge in [0.25, 0.3) is 0 Å². The number of rotatable bonds is 7. The van der Waals surface area contributed by atoms with E-state index in [1.807, 2.05) is 0 Å². The maximum absolute atomic E-state index is 11.8. The molecule has 0 aliphatic rings. The predicted molar refractivity (Wildman–Crippen MR) is 68.8 cm³/mol. The highest BCUT2D eigenvalue weighted by atomic mass is 32.2. The molecule has 0 atom stereocenters. The minimum absolute atomic E-state index is 0.0843. The normalized spacial score (nSPS) is 9.89. The van der Waals surface area contributed by atoms with Crippen molar-refractivity contribution < 1.29 is 24.2 Å². The number of thioether (sulfide) groups is 1. The van der Waals surface area contributed by atoms with Gasteiger partial charge in [-0.2, -0.15) is 0 Å². The van der Waals surface area contributed by atoms with Gasteiger partial charge in [-0.25, -0.2) is 0 Å². The van der Waals surface area contributed by atoms with Crippen LogP contribution < -0.4 is 9.47 Å². The Morgan fingerprint density at radius 1 is 1.17 bits per heavy atom. The van der Waals surface area contributed by atoms with Crippen molar-refractivity contribution in [1.82, 2.24) is 0 Å². The first-order chi connectivity index (χ1) is 8.58. The van der Waals surface area contributed by atoms with Gasteiger partial charge in [-0.1, -0.05) is 0 Å². The number of ketones is 1. The number of carboxylic acids is 1. The number of carboxylic acid groups (broad SMARTS) is 1. The number of Topliss-reactive ketones (excluding diaryl/α,β-unsaturated/α-hetero) is 1. The Bertz CT molecular complexity index is 444. The van der Waals surface area contributed by atoms with Gasteiger partial charge in [0.05, 0.1) is 25.7 Å². The molecule has 0 spiro atoms. The summed E-state index contributed by atoms with van der Waals surface area (Å²) >= 11 is 1.07. The van der Waals surface area contributed by atoms with Crippen molar-refractivity contribution in [1.29, 1.82) is 0 Å². The van der Waals surface area contributed by atoms with Crippen molar-refractivity contribution in [2.45, 2.75) is 0 Å². The van der Waals surface area contributed by atoms with Gasteiger partial charge in [0, 0.05) is 5.56 Å². The highest BCUT2D eigenvalue weighted by Gasteiger charge is 2.11. The third-order valence-electron chi connectivity index (χ3n) is 2.16. The Hall–Kier alpha value is -1.69. The van der Waals surface area contributed by atoms with Gasteiger partial charge in [0.15, 0.2) is 17.3 Å². The lowest BCUT2D eigenvalue weighted by Crippen LogP contribution is -2.06. The first-order valence-corrected chi connectivity index (χ1v) is 6.28. The Labute approximate surface area is 109 Å². The van der Waals surface area contributed by atoms with Crippen LogP contribution in [0.4, 0.5) is 0 Å². The van der Waals surface area contributed by atoms with Crippen LogP contribution in [0.25, 0.3) is 0 Å². The van der Waals surface area contributed by atoms with E-state index in [1.54, 1.807) is 18.2 Å². The molecule has 1 N–H and O–H groups in total. The van der Waals surface area contributed by atoms with Crippen LogP contribution in [-0.4, -0.2) is 42.6 Å². The van der Waals surface area contributed by atoms with Gasteiger partial charge >= 0.3 is 5.97 Å². The molecule has 0 bridgehead atoms. The van der Waals surface area contributed by atoms with E-state index in [-0.39, 0.29) is 17.3 Å². The van der Waals surface area contributed by atoms with E-state index in [9.17, 15) is 9.59 Å². The number of ether oxygens (including phenoxy) is 2. The monoisotopic (exact) mass is 270 g/mol. The molecule has 0 aliphatic heterocycles. The van der Waals surface area contributed by atoms with E-state index < -0.39 is 5.97 Å². The molecule has 98 valence electrons. The molecule has 0 aromatic heterocycles. The van der Waals surface area contributed by atoms with Crippen molar-refractivity contribution in [3.63, 3.8) is 0 Å². The SMILES string of the molecule is COc1ccc(C(=O)CSCC(=O)O)cc1OC. The van der Waals surface area contributed by atoms with Gasteiger partial charge in [-0.15, -0.1) is 11.8 Å². The minimum Gasteiger partial charge on any atom is -0.493 e. The van der Waals surface area contributed by atoms with E-state index in [4.69, 9.17) is 14.6 Å². The molecule has 0 heterocycles. The summed E-state index contributed by atoms with van der Waals surface area (Å²) in [5.74, 6) is 0.00186. The quantitative estimate of drug-likeness (QED) is 0.760. The predicted octanol–water partition coefficient (Wildman–Crippen LogP) is 1.70. The topological polar surface area (TPSA) is 72.8 Å². The lowest BCUT2D eigenvalue weighted by molar-refractivity contribution is -0.133. The maximum atomic E-state index is 11.8. The van der Waals surface area contributed by atoms with Crippen molar-refractivity contribution in [2.24, 2.45) is 0 Å². The van der Waals surface area contributed by atoms with Crippen molar-refractivity contribution in [2.75, 3.05) is 25.7 Å². The summed E-state index contributed by atoms with van der Waals surface area (Å²) in [6.45, 7) is 0. The van der Waals surface area contributed by atoms with Gasteiger partial charge in [-0.3, -0.25) is 9.59 Å². The number of carbonyl (C=O) groups excluding carboxylic acids is 1. The molecule has 1 aromatic rings. The molecule has 6 heteroatoms. The van der Waals surface area contributed by atoms with Crippen LogP contribution in [0.15, 0.2) is 18.2 Å². The second kappa shape index (κ2) is 6.90. The summed E-state index contributed by atoms with van der Waals surface area (Å²) in [7, 11) is 3.01. The molecular formula is C12H14O5S. The Balaban J connectivity index is 2.71. The van der Waals surface area contributed by atoms with Gasteiger partial charge in [0.1, 0.15) is 0 Å². The van der Waals surface area contributed by atoms with Crippen molar-refractivity contribution in [3.8, 4) is 11.5 Å². The van der Waals surface area contributed by atoms with E-state index >= 15 is 0 Å². The molecule has 0 unspecified atom stereocenters. The maximum Gasteiger partial charge on any atom is 0.313 e. The summed E-state index contributed by atoms with van der Waals surface area (Å²) in [6, 6.07) is 4.86. The van der Waals surface area contributed by atoms with Crippen LogP contribution in [0, 0.1) is 0 Å². The Morgan fingerprint density at radius 3 is 2.39 bits per heavy atom. The number of hydrogen-bond donors (Lipinski definition) is 1. The summed E-state index contributed by atoms with van der Waals surface area (Å²) in [4.78, 5) is 22.1. The lowest BCUT2D eigenvalue weighted by atomic mass is 10.1. The molecule has 0 fully saturated rings. The second-order valence-corrected chi connectivity index (χ2v) is 4.37. The largest absolute Gasteiger partial charge is 0.493 e. The summed E-state index contributed by atoms with van der Waals surface area (Å²) in [6.07, 6.45) is 0. The standard InChI is InChI=1S/C12H14O5S/c1-16-10-4-3-8(5-11(10)17-2)9(13)6-18-7-12(14)15/h3-5H,6-7H2,1-2H3,(H,14,15). The molecule has 0 saturated carbocycles. The molecule has 0 amide bonds. The number of aliphatic carboxylic acids is 1. The summed E-state index contributed by atoms with van der Waals surface area (Å²) in [5.41, 5.74) is 0.477. The van der Waals surface area contributed by atoms with Gasteiger partial charge in [0.2, 0.25) is 0 Å². The van der Waals surface area contributed by atoms with E-state index in [0.29, 0.717) is 17.1 Å². The minimum atomic E-state index is -0.930. The van der Waals surface area contributed by atoms with Gasteiger partial charge in [-0.05, 0) is 18.2 Å². The molecule has 1 aromatic carbocycles. The molecular weight excluding hydrogens is 256 g/mol. The average molecular weight is 270 g/mol. The van der Waals surface area contributed by atoms with Gasteiger partial charge < -0.3 is 14.6 Å². The fourth-order valence-corrected chi connectivity index (χ4v) is 1.95. The highest BCUT2D eigenvalue weighted by Crippen LogP contribution is 2.27. The first kappa shape index (κ1) is 14.4. The van der Waals surface area contributed by atoms with Crippen LogP contribution in [-0.2, 0) is 4.79 Å². The lowest BCUT2D eigenvalue weighted by Gasteiger charge is -2.08. The van der Waals surface area contributed by atoms with Crippen LogP contribution in [0.5, 0.6) is 11.5 Å². The van der Waals surface area contributed by atoms with E-state index in [2.05, 4.69) is 0 Å². The fraction of sp³-hybridized carbons (Fsp3) is 0.333. The zero-order valence-corrected chi connectivity index (χ0v) is 11.0. The summed E-state index contributed by atoms with van der Waals surface area (Å²) < 4.78 is 10.2. The van der Waals surface area contributed by atoms with Crippen LogP contribution in [0.1, 0.15) is 10.4 Å². The second-order valence-electron chi connectivity index (χ2n) is 3.38. The average Bonchev–Trinajstić information content (AvgIpc) is 2.37. The first-order valence-electron chi connectivity index (χ1n) is 5.13. The zero-order chi connectivity index (χ0) is 13.5. The van der Waals surface area contributed by atoms with E-state index in [1.165, 1.54) is 14.2 Å². The molecule has 18 heavy (non-hydrogen) atoms.